The first-order valence-corrected chi connectivity index (χ1v) is 7.47. The summed E-state index contributed by atoms with van der Waals surface area (Å²) in [6.45, 7) is 4.30. The molecule has 0 saturated carbocycles. The SMILES string of the molecule is CCCNCc1cnn(CCS(C)(=O)=O)c1. The normalized spacial score (nSPS) is 11.9. The van der Waals surface area contributed by atoms with Gasteiger partial charge in [0.25, 0.3) is 0 Å². The molecular weight excluding hydrogens is 226 g/mol. The lowest BCUT2D eigenvalue weighted by Gasteiger charge is -2.00. The van der Waals surface area contributed by atoms with Gasteiger partial charge in [0.2, 0.25) is 0 Å². The van der Waals surface area contributed by atoms with Crippen molar-refractivity contribution >= 4 is 9.84 Å². The molecule has 1 rings (SSSR count). The summed E-state index contributed by atoms with van der Waals surface area (Å²) in [5, 5.41) is 7.38. The second kappa shape index (κ2) is 6.00. The van der Waals surface area contributed by atoms with Crippen molar-refractivity contribution in [3.63, 3.8) is 0 Å². The van der Waals surface area contributed by atoms with Gasteiger partial charge in [0.05, 0.1) is 18.5 Å². The zero-order chi connectivity index (χ0) is 12.0. The molecule has 0 radical (unpaired) electrons. The maximum Gasteiger partial charge on any atom is 0.149 e. The van der Waals surface area contributed by atoms with Crippen molar-refractivity contribution in [2.45, 2.75) is 26.4 Å². The lowest BCUT2D eigenvalue weighted by atomic mass is 10.3. The zero-order valence-electron chi connectivity index (χ0n) is 9.81. The molecule has 0 saturated heterocycles. The van der Waals surface area contributed by atoms with Crippen molar-refractivity contribution in [1.29, 1.82) is 0 Å². The topological polar surface area (TPSA) is 64.0 Å². The van der Waals surface area contributed by atoms with Crippen LogP contribution in [0.5, 0.6) is 0 Å². The van der Waals surface area contributed by atoms with Gasteiger partial charge < -0.3 is 5.32 Å². The van der Waals surface area contributed by atoms with Crippen molar-refractivity contribution in [2.75, 3.05) is 18.6 Å². The van der Waals surface area contributed by atoms with E-state index in [1.807, 2.05) is 6.20 Å². The minimum absolute atomic E-state index is 0.135. The predicted molar refractivity (Wildman–Crippen MR) is 63.9 cm³/mol. The van der Waals surface area contributed by atoms with E-state index in [9.17, 15) is 8.42 Å². The average molecular weight is 245 g/mol. The maximum atomic E-state index is 11.0. The molecule has 0 aliphatic heterocycles. The van der Waals surface area contributed by atoms with Crippen molar-refractivity contribution < 1.29 is 8.42 Å². The first-order chi connectivity index (χ1) is 7.51. The van der Waals surface area contributed by atoms with Gasteiger partial charge in [-0.15, -0.1) is 0 Å². The second-order valence-electron chi connectivity index (χ2n) is 3.92. The van der Waals surface area contributed by atoms with Gasteiger partial charge in [-0.05, 0) is 13.0 Å². The van der Waals surface area contributed by atoms with Crippen LogP contribution in [0, 0.1) is 0 Å². The third kappa shape index (κ3) is 5.27. The fourth-order valence-corrected chi connectivity index (χ4v) is 1.81. The van der Waals surface area contributed by atoms with Gasteiger partial charge in [-0.3, -0.25) is 4.68 Å². The summed E-state index contributed by atoms with van der Waals surface area (Å²) >= 11 is 0. The second-order valence-corrected chi connectivity index (χ2v) is 6.18. The van der Waals surface area contributed by atoms with Crippen molar-refractivity contribution in [2.24, 2.45) is 0 Å². The molecule has 0 atom stereocenters. The van der Waals surface area contributed by atoms with E-state index >= 15 is 0 Å². The van der Waals surface area contributed by atoms with Crippen LogP contribution in [0.3, 0.4) is 0 Å². The first kappa shape index (κ1) is 13.2. The van der Waals surface area contributed by atoms with Gasteiger partial charge in [0.15, 0.2) is 0 Å². The van der Waals surface area contributed by atoms with Crippen LogP contribution in [0.4, 0.5) is 0 Å². The molecule has 5 nitrogen and oxygen atoms in total. The molecule has 1 aromatic rings. The minimum atomic E-state index is -2.91. The summed E-state index contributed by atoms with van der Waals surface area (Å²) in [5.74, 6) is 0.135. The Morgan fingerprint density at radius 2 is 2.25 bits per heavy atom. The molecule has 0 aliphatic rings. The smallest absolute Gasteiger partial charge is 0.149 e. The summed E-state index contributed by atoms with van der Waals surface area (Å²) < 4.78 is 23.6. The Hall–Kier alpha value is -0.880. The highest BCUT2D eigenvalue weighted by Crippen LogP contribution is 1.98. The Balaban J connectivity index is 2.39. The Morgan fingerprint density at radius 3 is 2.88 bits per heavy atom. The van der Waals surface area contributed by atoms with Gasteiger partial charge in [-0.2, -0.15) is 5.10 Å². The average Bonchev–Trinajstić information content (AvgIpc) is 2.62. The van der Waals surface area contributed by atoms with Crippen LogP contribution >= 0.6 is 0 Å². The quantitative estimate of drug-likeness (QED) is 0.707. The molecule has 6 heteroatoms. The van der Waals surface area contributed by atoms with E-state index in [1.165, 1.54) is 6.26 Å². The van der Waals surface area contributed by atoms with E-state index in [-0.39, 0.29) is 5.75 Å². The molecule has 0 unspecified atom stereocenters. The lowest BCUT2D eigenvalue weighted by molar-refractivity contribution is 0.585. The number of aryl methyl sites for hydroxylation is 1. The molecule has 1 N–H and O–H groups in total. The molecule has 0 aromatic carbocycles. The standard InChI is InChI=1S/C10H19N3O2S/c1-3-4-11-7-10-8-12-13(9-10)5-6-16(2,14)15/h8-9,11H,3-7H2,1-2H3. The van der Waals surface area contributed by atoms with Crippen molar-refractivity contribution in [1.82, 2.24) is 15.1 Å². The van der Waals surface area contributed by atoms with E-state index in [1.54, 1.807) is 10.9 Å². The van der Waals surface area contributed by atoms with Crippen molar-refractivity contribution in [3.05, 3.63) is 18.0 Å². The number of aromatic nitrogens is 2. The van der Waals surface area contributed by atoms with Crippen molar-refractivity contribution in [3.8, 4) is 0 Å². The Kier molecular flexibility index (Phi) is 4.95. The van der Waals surface area contributed by atoms with Gasteiger partial charge in [0, 0.05) is 24.6 Å². The molecule has 92 valence electrons. The fraction of sp³-hybridized carbons (Fsp3) is 0.700. The summed E-state index contributed by atoms with van der Waals surface area (Å²) in [6, 6.07) is 0. The Bertz CT molecular complexity index is 411. The molecular formula is C10H19N3O2S. The predicted octanol–water partition coefficient (Wildman–Crippen LogP) is 0.427. The van der Waals surface area contributed by atoms with Crippen LogP contribution in [-0.4, -0.2) is 36.8 Å². The molecule has 16 heavy (non-hydrogen) atoms. The lowest BCUT2D eigenvalue weighted by Crippen LogP contribution is -2.13. The van der Waals surface area contributed by atoms with Crippen LogP contribution in [0.15, 0.2) is 12.4 Å². The van der Waals surface area contributed by atoms with Gasteiger partial charge in [0.1, 0.15) is 9.84 Å². The van der Waals surface area contributed by atoms with E-state index in [2.05, 4.69) is 17.3 Å². The van der Waals surface area contributed by atoms with Crippen LogP contribution in [0.2, 0.25) is 0 Å². The molecule has 0 amide bonds. The summed E-state index contributed by atoms with van der Waals surface area (Å²) in [4.78, 5) is 0. The first-order valence-electron chi connectivity index (χ1n) is 5.41. The maximum absolute atomic E-state index is 11.0. The van der Waals surface area contributed by atoms with E-state index in [4.69, 9.17) is 0 Å². The van der Waals surface area contributed by atoms with Crippen LogP contribution < -0.4 is 5.32 Å². The monoisotopic (exact) mass is 245 g/mol. The van der Waals surface area contributed by atoms with E-state index < -0.39 is 9.84 Å². The molecule has 0 bridgehead atoms. The molecule has 0 fully saturated rings. The minimum Gasteiger partial charge on any atom is -0.313 e. The summed E-state index contributed by atoms with van der Waals surface area (Å²) in [5.41, 5.74) is 1.09. The molecule has 0 spiro atoms. The fourth-order valence-electron chi connectivity index (χ4n) is 1.29. The third-order valence-corrected chi connectivity index (χ3v) is 3.06. The number of hydrogen-bond donors (Lipinski definition) is 1. The highest BCUT2D eigenvalue weighted by molar-refractivity contribution is 7.90. The largest absolute Gasteiger partial charge is 0.313 e. The Labute approximate surface area is 96.8 Å². The number of hydrogen-bond acceptors (Lipinski definition) is 4. The zero-order valence-corrected chi connectivity index (χ0v) is 10.6. The number of rotatable bonds is 7. The van der Waals surface area contributed by atoms with E-state index in [0.29, 0.717) is 6.54 Å². The molecule has 1 aromatic heterocycles. The number of nitrogens with one attached hydrogen (secondary N) is 1. The van der Waals surface area contributed by atoms with Gasteiger partial charge in [-0.1, -0.05) is 6.92 Å². The van der Waals surface area contributed by atoms with Crippen LogP contribution in [0.25, 0.3) is 0 Å². The van der Waals surface area contributed by atoms with Gasteiger partial charge >= 0.3 is 0 Å². The molecule has 0 aliphatic carbocycles. The highest BCUT2D eigenvalue weighted by Gasteiger charge is 2.03. The summed E-state index contributed by atoms with van der Waals surface area (Å²) in [7, 11) is -2.91. The van der Waals surface area contributed by atoms with Crippen LogP contribution in [0.1, 0.15) is 18.9 Å². The third-order valence-electron chi connectivity index (χ3n) is 2.13. The molecule has 1 heterocycles. The number of nitrogens with zero attached hydrogens (tertiary/aromatic N) is 2. The van der Waals surface area contributed by atoms with Gasteiger partial charge in [-0.25, -0.2) is 8.42 Å². The summed E-state index contributed by atoms with van der Waals surface area (Å²) in [6.07, 6.45) is 5.99. The van der Waals surface area contributed by atoms with E-state index in [0.717, 1.165) is 25.1 Å². The van der Waals surface area contributed by atoms with Crippen LogP contribution in [-0.2, 0) is 22.9 Å². The number of sulfone groups is 1. The Morgan fingerprint density at radius 1 is 1.50 bits per heavy atom. The highest BCUT2D eigenvalue weighted by atomic mass is 32.2.